The number of ether oxygens (including phenoxy) is 1. The highest BCUT2D eigenvalue weighted by molar-refractivity contribution is 5.98. The Balaban J connectivity index is 1.78. The van der Waals surface area contributed by atoms with Crippen molar-refractivity contribution in [3.63, 3.8) is 0 Å². The van der Waals surface area contributed by atoms with Gasteiger partial charge < -0.3 is 15.0 Å². The van der Waals surface area contributed by atoms with Gasteiger partial charge in [-0.1, -0.05) is 12.1 Å². The molecular formula is C18H21N3O2. The predicted molar refractivity (Wildman–Crippen MR) is 90.2 cm³/mol. The van der Waals surface area contributed by atoms with Crippen molar-refractivity contribution in [2.24, 2.45) is 0 Å². The second-order valence-electron chi connectivity index (χ2n) is 5.66. The van der Waals surface area contributed by atoms with Gasteiger partial charge in [0.15, 0.2) is 0 Å². The lowest BCUT2D eigenvalue weighted by molar-refractivity contribution is 0.0963. The molecule has 3 rings (SSSR count). The average Bonchev–Trinajstić information content (AvgIpc) is 3.11. The molecule has 0 bridgehead atoms. The molecule has 2 aromatic rings. The summed E-state index contributed by atoms with van der Waals surface area (Å²) < 4.78 is 5.21. The number of rotatable bonds is 4. The Morgan fingerprint density at radius 2 is 2.09 bits per heavy atom. The van der Waals surface area contributed by atoms with E-state index >= 15 is 0 Å². The molecule has 2 heterocycles. The fourth-order valence-electron chi connectivity index (χ4n) is 3.06. The first kappa shape index (κ1) is 15.3. The maximum atomic E-state index is 12.0. The first-order chi connectivity index (χ1) is 11.2. The molecule has 1 aliphatic rings. The molecule has 5 heteroatoms. The van der Waals surface area contributed by atoms with E-state index in [4.69, 9.17) is 4.74 Å². The van der Waals surface area contributed by atoms with Crippen molar-refractivity contribution in [2.75, 3.05) is 32.1 Å². The van der Waals surface area contributed by atoms with E-state index < -0.39 is 0 Å². The zero-order valence-electron chi connectivity index (χ0n) is 13.5. The van der Waals surface area contributed by atoms with Crippen LogP contribution in [-0.2, 0) is 0 Å². The van der Waals surface area contributed by atoms with Gasteiger partial charge in [-0.25, -0.2) is 4.98 Å². The maximum Gasteiger partial charge on any atom is 0.254 e. The molecule has 1 saturated heterocycles. The number of pyridine rings is 1. The molecule has 1 atom stereocenters. The van der Waals surface area contributed by atoms with Crippen LogP contribution < -0.4 is 15.0 Å². The van der Waals surface area contributed by atoms with Gasteiger partial charge in [0, 0.05) is 32.3 Å². The number of methoxy groups -OCH3 is 1. The summed E-state index contributed by atoms with van der Waals surface area (Å²) in [5.74, 6) is 1.99. The van der Waals surface area contributed by atoms with E-state index in [-0.39, 0.29) is 5.91 Å². The number of nitrogens with zero attached hydrogens (tertiary/aromatic N) is 2. The average molecular weight is 311 g/mol. The van der Waals surface area contributed by atoms with E-state index in [1.165, 1.54) is 5.56 Å². The number of carbonyl (C=O) groups excluding carboxylic acids is 1. The molecule has 1 amide bonds. The summed E-state index contributed by atoms with van der Waals surface area (Å²) in [6.45, 7) is 1.77. The topological polar surface area (TPSA) is 54.5 Å². The molecule has 1 aromatic carbocycles. The van der Waals surface area contributed by atoms with Crippen LogP contribution in [0.1, 0.15) is 28.3 Å². The van der Waals surface area contributed by atoms with Crippen molar-refractivity contribution in [3.8, 4) is 5.75 Å². The Hall–Kier alpha value is -2.56. The lowest BCUT2D eigenvalue weighted by atomic mass is 9.98. The minimum absolute atomic E-state index is 0.0963. The van der Waals surface area contributed by atoms with E-state index in [2.05, 4.69) is 27.3 Å². The van der Waals surface area contributed by atoms with Crippen LogP contribution in [-0.4, -0.2) is 38.1 Å². The fourth-order valence-corrected chi connectivity index (χ4v) is 3.06. The van der Waals surface area contributed by atoms with E-state index in [1.54, 1.807) is 26.4 Å². The first-order valence-corrected chi connectivity index (χ1v) is 7.79. The van der Waals surface area contributed by atoms with Crippen molar-refractivity contribution in [1.82, 2.24) is 10.3 Å². The van der Waals surface area contributed by atoms with Gasteiger partial charge in [-0.2, -0.15) is 0 Å². The largest absolute Gasteiger partial charge is 0.497 e. The van der Waals surface area contributed by atoms with E-state index in [9.17, 15) is 4.79 Å². The molecule has 1 aliphatic heterocycles. The Kier molecular flexibility index (Phi) is 4.46. The van der Waals surface area contributed by atoms with Crippen molar-refractivity contribution >= 4 is 11.7 Å². The van der Waals surface area contributed by atoms with Crippen LogP contribution in [0.25, 0.3) is 0 Å². The van der Waals surface area contributed by atoms with Gasteiger partial charge in [0.2, 0.25) is 0 Å². The van der Waals surface area contributed by atoms with Crippen molar-refractivity contribution in [2.45, 2.75) is 12.3 Å². The third kappa shape index (κ3) is 3.13. The van der Waals surface area contributed by atoms with Gasteiger partial charge in [-0.05, 0) is 36.2 Å². The maximum absolute atomic E-state index is 12.0. The van der Waals surface area contributed by atoms with Crippen LogP contribution in [0.15, 0.2) is 42.6 Å². The zero-order chi connectivity index (χ0) is 16.2. The van der Waals surface area contributed by atoms with Crippen LogP contribution >= 0.6 is 0 Å². The monoisotopic (exact) mass is 311 g/mol. The summed E-state index contributed by atoms with van der Waals surface area (Å²) in [6, 6.07) is 11.8. The third-order valence-electron chi connectivity index (χ3n) is 4.33. The van der Waals surface area contributed by atoms with Crippen LogP contribution in [0.2, 0.25) is 0 Å². The number of nitrogens with one attached hydrogen (secondary N) is 1. The highest BCUT2D eigenvalue weighted by Crippen LogP contribution is 2.32. The fraction of sp³-hybridized carbons (Fsp3) is 0.333. The SMILES string of the molecule is CNC(=O)c1cccnc1N1CC[C@@H](c2ccc(OC)cc2)C1. The molecule has 0 aliphatic carbocycles. The minimum atomic E-state index is -0.0963. The predicted octanol–water partition coefficient (Wildman–Crippen LogP) is 2.44. The number of anilines is 1. The van der Waals surface area contributed by atoms with Crippen molar-refractivity contribution in [1.29, 1.82) is 0 Å². The molecule has 1 fully saturated rings. The molecule has 1 N–H and O–H groups in total. The Morgan fingerprint density at radius 1 is 1.30 bits per heavy atom. The lowest BCUT2D eigenvalue weighted by Gasteiger charge is -2.20. The molecule has 0 radical (unpaired) electrons. The smallest absolute Gasteiger partial charge is 0.254 e. The summed E-state index contributed by atoms with van der Waals surface area (Å²) in [5.41, 5.74) is 1.93. The van der Waals surface area contributed by atoms with Gasteiger partial charge in [0.1, 0.15) is 11.6 Å². The van der Waals surface area contributed by atoms with Crippen LogP contribution in [0, 0.1) is 0 Å². The summed E-state index contributed by atoms with van der Waals surface area (Å²) in [5, 5.41) is 2.68. The van der Waals surface area contributed by atoms with E-state index in [1.807, 2.05) is 18.2 Å². The summed E-state index contributed by atoms with van der Waals surface area (Å²) in [4.78, 5) is 18.6. The standard InChI is InChI=1S/C18H21N3O2/c1-19-18(22)16-4-3-10-20-17(16)21-11-9-14(12-21)13-5-7-15(23-2)8-6-13/h3-8,10,14H,9,11-12H2,1-2H3,(H,19,22)/t14-/m1/s1. The van der Waals surface area contributed by atoms with E-state index in [0.717, 1.165) is 31.1 Å². The van der Waals surface area contributed by atoms with Crippen LogP contribution in [0.4, 0.5) is 5.82 Å². The number of hydrogen-bond acceptors (Lipinski definition) is 4. The summed E-state index contributed by atoms with van der Waals surface area (Å²) >= 11 is 0. The molecule has 23 heavy (non-hydrogen) atoms. The lowest BCUT2D eigenvalue weighted by Crippen LogP contribution is -2.26. The highest BCUT2D eigenvalue weighted by Gasteiger charge is 2.27. The number of hydrogen-bond donors (Lipinski definition) is 1. The summed E-state index contributed by atoms with van der Waals surface area (Å²) in [6.07, 6.45) is 2.79. The van der Waals surface area contributed by atoms with Gasteiger partial charge in [0.25, 0.3) is 5.91 Å². The van der Waals surface area contributed by atoms with E-state index in [0.29, 0.717) is 11.5 Å². The zero-order valence-corrected chi connectivity index (χ0v) is 13.5. The molecule has 0 unspecified atom stereocenters. The van der Waals surface area contributed by atoms with Crippen LogP contribution in [0.3, 0.4) is 0 Å². The minimum Gasteiger partial charge on any atom is -0.497 e. The second-order valence-corrected chi connectivity index (χ2v) is 5.66. The molecule has 1 aromatic heterocycles. The van der Waals surface area contributed by atoms with Gasteiger partial charge in [-0.15, -0.1) is 0 Å². The number of amides is 1. The Bertz CT molecular complexity index is 685. The van der Waals surface area contributed by atoms with Gasteiger partial charge >= 0.3 is 0 Å². The number of benzene rings is 1. The molecule has 5 nitrogen and oxygen atoms in total. The van der Waals surface area contributed by atoms with Gasteiger partial charge in [0.05, 0.1) is 12.7 Å². The molecule has 0 saturated carbocycles. The Labute approximate surface area is 136 Å². The van der Waals surface area contributed by atoms with Crippen LogP contribution in [0.5, 0.6) is 5.75 Å². The van der Waals surface area contributed by atoms with Crippen molar-refractivity contribution < 1.29 is 9.53 Å². The summed E-state index contributed by atoms with van der Waals surface area (Å²) in [7, 11) is 3.32. The van der Waals surface area contributed by atoms with Crippen molar-refractivity contribution in [3.05, 3.63) is 53.7 Å². The third-order valence-corrected chi connectivity index (χ3v) is 4.33. The molecule has 120 valence electrons. The number of aromatic nitrogens is 1. The first-order valence-electron chi connectivity index (χ1n) is 7.79. The Morgan fingerprint density at radius 3 is 2.78 bits per heavy atom. The normalized spacial score (nSPS) is 17.1. The molecule has 0 spiro atoms. The highest BCUT2D eigenvalue weighted by atomic mass is 16.5. The quantitative estimate of drug-likeness (QED) is 0.942. The second kappa shape index (κ2) is 6.69. The van der Waals surface area contributed by atoms with Gasteiger partial charge in [-0.3, -0.25) is 4.79 Å². The number of carbonyl (C=O) groups is 1. The molecular weight excluding hydrogens is 290 g/mol.